The van der Waals surface area contributed by atoms with Gasteiger partial charge in [0.2, 0.25) is 0 Å². The maximum Gasteiger partial charge on any atom is 0.147 e. The second-order valence-electron chi connectivity index (χ2n) is 4.19. The Kier molecular flexibility index (Phi) is 3.33. The molecule has 1 aromatic heterocycles. The van der Waals surface area contributed by atoms with Crippen molar-refractivity contribution in [1.82, 2.24) is 19.7 Å². The quantitative estimate of drug-likeness (QED) is 0.763. The lowest BCUT2D eigenvalue weighted by molar-refractivity contribution is 0.184. The second kappa shape index (κ2) is 4.72. The van der Waals surface area contributed by atoms with E-state index in [1.807, 2.05) is 6.33 Å². The van der Waals surface area contributed by atoms with Gasteiger partial charge in [-0.25, -0.2) is 0 Å². The zero-order chi connectivity index (χ0) is 10.7. The molecule has 2 heterocycles. The van der Waals surface area contributed by atoms with Gasteiger partial charge in [-0.05, 0) is 12.5 Å². The van der Waals surface area contributed by atoms with Gasteiger partial charge in [-0.2, -0.15) is 0 Å². The predicted octanol–water partition coefficient (Wildman–Crippen LogP) is 0.0786. The molecule has 1 aliphatic heterocycles. The highest BCUT2D eigenvalue weighted by Crippen LogP contribution is 2.12. The summed E-state index contributed by atoms with van der Waals surface area (Å²) in [5, 5.41) is 8.03. The second-order valence-corrected chi connectivity index (χ2v) is 4.19. The number of fused-ring (bicyclic) bond motifs is 1. The average Bonchev–Trinajstić information content (AvgIpc) is 2.73. The molecule has 15 heavy (non-hydrogen) atoms. The van der Waals surface area contributed by atoms with Crippen molar-refractivity contribution in [2.45, 2.75) is 26.4 Å². The lowest BCUT2D eigenvalue weighted by Gasteiger charge is -2.29. The maximum atomic E-state index is 5.72. The summed E-state index contributed by atoms with van der Waals surface area (Å²) in [7, 11) is 0. The largest absolute Gasteiger partial charge is 0.330 e. The van der Waals surface area contributed by atoms with E-state index in [2.05, 4.69) is 26.6 Å². The summed E-state index contributed by atoms with van der Waals surface area (Å²) in [6, 6.07) is 0. The van der Waals surface area contributed by atoms with Gasteiger partial charge in [-0.3, -0.25) is 4.90 Å². The Morgan fingerprint density at radius 2 is 2.40 bits per heavy atom. The molecule has 0 spiro atoms. The van der Waals surface area contributed by atoms with E-state index in [9.17, 15) is 0 Å². The van der Waals surface area contributed by atoms with E-state index in [1.165, 1.54) is 0 Å². The minimum atomic E-state index is 0.611. The van der Waals surface area contributed by atoms with Crippen molar-refractivity contribution >= 4 is 0 Å². The van der Waals surface area contributed by atoms with Crippen LogP contribution in [-0.2, 0) is 13.1 Å². The number of aromatic nitrogens is 3. The Morgan fingerprint density at radius 1 is 1.53 bits per heavy atom. The highest BCUT2D eigenvalue weighted by molar-refractivity contribution is 4.90. The normalized spacial score (nSPS) is 18.8. The fourth-order valence-electron chi connectivity index (χ4n) is 2.01. The number of nitrogens with zero attached hydrogens (tertiary/aromatic N) is 4. The van der Waals surface area contributed by atoms with Gasteiger partial charge in [0.05, 0.1) is 6.54 Å². The van der Waals surface area contributed by atoms with Gasteiger partial charge in [-0.1, -0.05) is 13.3 Å². The fourth-order valence-corrected chi connectivity index (χ4v) is 2.01. The van der Waals surface area contributed by atoms with Crippen molar-refractivity contribution in [2.75, 3.05) is 19.6 Å². The van der Waals surface area contributed by atoms with E-state index in [1.54, 1.807) is 0 Å². The third-order valence-electron chi connectivity index (χ3n) is 3.14. The van der Waals surface area contributed by atoms with Crippen LogP contribution in [0.5, 0.6) is 0 Å². The van der Waals surface area contributed by atoms with E-state index in [4.69, 9.17) is 5.73 Å². The van der Waals surface area contributed by atoms with E-state index in [0.717, 1.165) is 45.0 Å². The predicted molar refractivity (Wildman–Crippen MR) is 58.1 cm³/mol. The summed E-state index contributed by atoms with van der Waals surface area (Å²) in [5.41, 5.74) is 5.72. The van der Waals surface area contributed by atoms with Crippen molar-refractivity contribution in [3.63, 3.8) is 0 Å². The first-order chi connectivity index (χ1) is 7.33. The summed E-state index contributed by atoms with van der Waals surface area (Å²) < 4.78 is 2.12. The van der Waals surface area contributed by atoms with Crippen LogP contribution in [0.2, 0.25) is 0 Å². The zero-order valence-electron chi connectivity index (χ0n) is 9.26. The van der Waals surface area contributed by atoms with Gasteiger partial charge in [0.15, 0.2) is 0 Å². The van der Waals surface area contributed by atoms with Crippen LogP contribution < -0.4 is 5.73 Å². The standard InChI is InChI=1S/C10H19N5/c1-2-9(5-11)6-14-3-4-15-8-12-13-10(15)7-14/h8-9H,2-7,11H2,1H3. The SMILES string of the molecule is CCC(CN)CN1CCn2cnnc2C1. The molecule has 1 aliphatic rings. The number of hydrogen-bond donors (Lipinski definition) is 1. The van der Waals surface area contributed by atoms with Gasteiger partial charge in [-0.15, -0.1) is 10.2 Å². The molecular formula is C10H19N5. The number of rotatable bonds is 4. The smallest absolute Gasteiger partial charge is 0.147 e. The molecule has 0 fully saturated rings. The van der Waals surface area contributed by atoms with Crippen LogP contribution in [0.4, 0.5) is 0 Å². The molecule has 5 heteroatoms. The third kappa shape index (κ3) is 2.35. The molecule has 5 nitrogen and oxygen atoms in total. The molecule has 0 bridgehead atoms. The van der Waals surface area contributed by atoms with Crippen LogP contribution in [0.25, 0.3) is 0 Å². The summed E-state index contributed by atoms with van der Waals surface area (Å²) in [6.45, 7) is 7.06. The molecule has 1 unspecified atom stereocenters. The fraction of sp³-hybridized carbons (Fsp3) is 0.800. The Morgan fingerprint density at radius 3 is 3.13 bits per heavy atom. The van der Waals surface area contributed by atoms with E-state index in [0.29, 0.717) is 5.92 Å². The van der Waals surface area contributed by atoms with Crippen LogP contribution in [0.3, 0.4) is 0 Å². The Balaban J connectivity index is 1.92. The molecule has 0 aromatic carbocycles. The molecule has 1 atom stereocenters. The van der Waals surface area contributed by atoms with Gasteiger partial charge >= 0.3 is 0 Å². The van der Waals surface area contributed by atoms with Crippen molar-refractivity contribution < 1.29 is 0 Å². The molecule has 2 N–H and O–H groups in total. The maximum absolute atomic E-state index is 5.72. The van der Waals surface area contributed by atoms with Crippen LogP contribution >= 0.6 is 0 Å². The van der Waals surface area contributed by atoms with E-state index < -0.39 is 0 Å². The molecule has 0 radical (unpaired) electrons. The monoisotopic (exact) mass is 209 g/mol. The van der Waals surface area contributed by atoms with Gasteiger partial charge in [0, 0.05) is 19.6 Å². The minimum absolute atomic E-state index is 0.611. The minimum Gasteiger partial charge on any atom is -0.330 e. The highest BCUT2D eigenvalue weighted by Gasteiger charge is 2.19. The number of nitrogens with two attached hydrogens (primary N) is 1. The molecule has 0 amide bonds. The first-order valence-electron chi connectivity index (χ1n) is 5.62. The molecule has 1 aromatic rings. The highest BCUT2D eigenvalue weighted by atomic mass is 15.3. The third-order valence-corrected chi connectivity index (χ3v) is 3.14. The molecule has 0 aliphatic carbocycles. The summed E-state index contributed by atoms with van der Waals surface area (Å²) in [6.07, 6.45) is 2.96. The van der Waals surface area contributed by atoms with Gasteiger partial charge in [0.1, 0.15) is 12.2 Å². The van der Waals surface area contributed by atoms with E-state index >= 15 is 0 Å². The average molecular weight is 209 g/mol. The van der Waals surface area contributed by atoms with Gasteiger partial charge < -0.3 is 10.3 Å². The number of hydrogen-bond acceptors (Lipinski definition) is 4. The molecule has 0 saturated carbocycles. The molecular weight excluding hydrogens is 190 g/mol. The topological polar surface area (TPSA) is 60.0 Å². The summed E-state index contributed by atoms with van der Waals surface area (Å²) in [5.74, 6) is 1.69. The lowest BCUT2D eigenvalue weighted by Crippen LogP contribution is -2.38. The molecule has 2 rings (SSSR count). The molecule has 0 saturated heterocycles. The summed E-state index contributed by atoms with van der Waals surface area (Å²) in [4.78, 5) is 2.42. The van der Waals surface area contributed by atoms with Crippen molar-refractivity contribution in [3.05, 3.63) is 12.2 Å². The molecule has 84 valence electrons. The Hall–Kier alpha value is -0.940. The zero-order valence-corrected chi connectivity index (χ0v) is 9.26. The van der Waals surface area contributed by atoms with Gasteiger partial charge in [0.25, 0.3) is 0 Å². The Bertz CT molecular complexity index is 305. The lowest BCUT2D eigenvalue weighted by atomic mass is 10.1. The van der Waals surface area contributed by atoms with Crippen molar-refractivity contribution in [1.29, 1.82) is 0 Å². The van der Waals surface area contributed by atoms with Crippen LogP contribution in [-0.4, -0.2) is 39.3 Å². The van der Waals surface area contributed by atoms with Crippen molar-refractivity contribution in [2.24, 2.45) is 11.7 Å². The summed E-state index contributed by atoms with van der Waals surface area (Å²) >= 11 is 0. The van der Waals surface area contributed by atoms with Crippen LogP contribution in [0.1, 0.15) is 19.2 Å². The van der Waals surface area contributed by atoms with Crippen LogP contribution in [0, 0.1) is 5.92 Å². The first kappa shape index (κ1) is 10.6. The van der Waals surface area contributed by atoms with Crippen LogP contribution in [0.15, 0.2) is 6.33 Å². The van der Waals surface area contributed by atoms with E-state index in [-0.39, 0.29) is 0 Å². The first-order valence-corrected chi connectivity index (χ1v) is 5.62. The Labute approximate surface area is 90.3 Å². The van der Waals surface area contributed by atoms with Crippen molar-refractivity contribution in [3.8, 4) is 0 Å².